The zero-order valence-corrected chi connectivity index (χ0v) is 8.40. The predicted molar refractivity (Wildman–Crippen MR) is 56.9 cm³/mol. The minimum absolute atomic E-state index is 0.103. The van der Waals surface area contributed by atoms with Gasteiger partial charge in [-0.25, -0.2) is 0 Å². The number of nitro groups is 1. The number of nitrogens with zero attached hydrogens (tertiary/aromatic N) is 1. The predicted octanol–water partition coefficient (Wildman–Crippen LogP) is 3.29. The first kappa shape index (κ1) is 9.71. The van der Waals surface area contributed by atoms with Crippen molar-refractivity contribution in [1.82, 2.24) is 0 Å². The maximum Gasteiger partial charge on any atom is 0.270 e. The van der Waals surface area contributed by atoms with Gasteiger partial charge in [0.05, 0.1) is 4.92 Å². The smallest absolute Gasteiger partial charge is 0.270 e. The van der Waals surface area contributed by atoms with Crippen LogP contribution in [0.3, 0.4) is 0 Å². The van der Waals surface area contributed by atoms with Crippen LogP contribution in [0, 0.1) is 10.1 Å². The van der Waals surface area contributed by atoms with Gasteiger partial charge in [0.25, 0.3) is 5.69 Å². The van der Waals surface area contributed by atoms with E-state index in [-0.39, 0.29) is 5.69 Å². The van der Waals surface area contributed by atoms with Crippen molar-refractivity contribution in [3.05, 3.63) is 40.1 Å². The fourth-order valence-electron chi connectivity index (χ4n) is 1.57. The highest BCUT2D eigenvalue weighted by Crippen LogP contribution is 2.24. The molecule has 2 rings (SSSR count). The van der Waals surface area contributed by atoms with Crippen molar-refractivity contribution in [3.8, 4) is 0 Å². The van der Waals surface area contributed by atoms with Crippen molar-refractivity contribution >= 4 is 16.7 Å². The fraction of sp³-hybridized carbons (Fsp3) is 0.273. The molecule has 1 aromatic carbocycles. The third-order valence-corrected chi connectivity index (χ3v) is 2.26. The Labute approximate surface area is 86.7 Å². The number of non-ortho nitro benzene ring substituents is 1. The van der Waals surface area contributed by atoms with Crippen molar-refractivity contribution in [1.29, 1.82) is 0 Å². The van der Waals surface area contributed by atoms with E-state index < -0.39 is 4.92 Å². The molecule has 0 fully saturated rings. The van der Waals surface area contributed by atoms with Gasteiger partial charge in [-0.05, 0) is 18.6 Å². The van der Waals surface area contributed by atoms with Gasteiger partial charge in [0, 0.05) is 23.9 Å². The fourth-order valence-corrected chi connectivity index (χ4v) is 1.57. The highest BCUT2D eigenvalue weighted by atomic mass is 16.6. The largest absolute Gasteiger partial charge is 0.461 e. The van der Waals surface area contributed by atoms with Gasteiger partial charge in [-0.2, -0.15) is 0 Å². The number of hydrogen-bond acceptors (Lipinski definition) is 3. The van der Waals surface area contributed by atoms with E-state index in [1.165, 1.54) is 12.1 Å². The van der Waals surface area contributed by atoms with E-state index in [0.29, 0.717) is 5.58 Å². The molecule has 4 heteroatoms. The molecule has 0 aliphatic rings. The number of fused-ring (bicyclic) bond motifs is 1. The van der Waals surface area contributed by atoms with Crippen LogP contribution in [0.5, 0.6) is 0 Å². The Morgan fingerprint density at radius 3 is 2.87 bits per heavy atom. The standard InChI is InChI=1S/C11H11NO3/c1-2-3-10-7-8-6-9(12(13)14)4-5-11(8)15-10/h4-7H,2-3H2,1H3. The van der Waals surface area contributed by atoms with Crippen LogP contribution in [0.4, 0.5) is 5.69 Å². The molecule has 0 aliphatic carbocycles. The van der Waals surface area contributed by atoms with E-state index in [9.17, 15) is 10.1 Å². The van der Waals surface area contributed by atoms with E-state index in [1.54, 1.807) is 6.07 Å². The molecule has 1 heterocycles. The Hall–Kier alpha value is -1.84. The average Bonchev–Trinajstić information content (AvgIpc) is 2.59. The molecule has 0 N–H and O–H groups in total. The van der Waals surface area contributed by atoms with Gasteiger partial charge in [0.15, 0.2) is 0 Å². The molecule has 0 bridgehead atoms. The van der Waals surface area contributed by atoms with Crippen LogP contribution in [0.1, 0.15) is 19.1 Å². The van der Waals surface area contributed by atoms with Crippen LogP contribution in [-0.2, 0) is 6.42 Å². The molecule has 0 aliphatic heterocycles. The monoisotopic (exact) mass is 205 g/mol. The van der Waals surface area contributed by atoms with E-state index in [1.807, 2.05) is 6.07 Å². The van der Waals surface area contributed by atoms with E-state index >= 15 is 0 Å². The third kappa shape index (κ3) is 1.83. The summed E-state index contributed by atoms with van der Waals surface area (Å²) in [6, 6.07) is 6.51. The molecule has 0 saturated carbocycles. The van der Waals surface area contributed by atoms with Crippen LogP contribution in [0.2, 0.25) is 0 Å². The second-order valence-electron chi connectivity index (χ2n) is 3.44. The second kappa shape index (κ2) is 3.73. The molecular formula is C11H11NO3. The Morgan fingerprint density at radius 2 is 2.20 bits per heavy atom. The molecule has 1 aromatic heterocycles. The molecule has 0 unspecified atom stereocenters. The van der Waals surface area contributed by atoms with Crippen LogP contribution >= 0.6 is 0 Å². The summed E-state index contributed by atoms with van der Waals surface area (Å²) in [6.07, 6.45) is 1.87. The first-order valence-electron chi connectivity index (χ1n) is 4.87. The normalized spacial score (nSPS) is 10.7. The molecule has 2 aromatic rings. The maximum absolute atomic E-state index is 10.6. The maximum atomic E-state index is 10.6. The molecule has 78 valence electrons. The summed E-state index contributed by atoms with van der Waals surface area (Å²) in [6.45, 7) is 2.07. The van der Waals surface area contributed by atoms with Gasteiger partial charge in [-0.15, -0.1) is 0 Å². The molecule has 0 radical (unpaired) electrons. The minimum Gasteiger partial charge on any atom is -0.461 e. The Morgan fingerprint density at radius 1 is 1.40 bits per heavy atom. The summed E-state index contributed by atoms with van der Waals surface area (Å²) in [4.78, 5) is 10.2. The zero-order chi connectivity index (χ0) is 10.8. The Bertz CT molecular complexity index is 502. The van der Waals surface area contributed by atoms with Crippen molar-refractivity contribution in [3.63, 3.8) is 0 Å². The van der Waals surface area contributed by atoms with Crippen LogP contribution in [0.15, 0.2) is 28.7 Å². The molecule has 0 saturated heterocycles. The van der Waals surface area contributed by atoms with Gasteiger partial charge in [-0.1, -0.05) is 6.92 Å². The molecular weight excluding hydrogens is 194 g/mol. The summed E-state index contributed by atoms with van der Waals surface area (Å²) in [5.74, 6) is 0.882. The van der Waals surface area contributed by atoms with Crippen LogP contribution in [-0.4, -0.2) is 4.92 Å². The molecule has 0 atom stereocenters. The topological polar surface area (TPSA) is 56.3 Å². The lowest BCUT2D eigenvalue weighted by Crippen LogP contribution is -1.85. The summed E-state index contributed by atoms with van der Waals surface area (Å²) in [5, 5.41) is 11.4. The Balaban J connectivity index is 2.47. The van der Waals surface area contributed by atoms with Gasteiger partial charge in [-0.3, -0.25) is 10.1 Å². The van der Waals surface area contributed by atoms with Gasteiger partial charge in [0.2, 0.25) is 0 Å². The van der Waals surface area contributed by atoms with Gasteiger partial charge in [0.1, 0.15) is 11.3 Å². The number of aryl methyl sites for hydroxylation is 1. The van der Waals surface area contributed by atoms with Crippen molar-refractivity contribution in [2.45, 2.75) is 19.8 Å². The lowest BCUT2D eigenvalue weighted by molar-refractivity contribution is -0.384. The minimum atomic E-state index is -0.397. The lowest BCUT2D eigenvalue weighted by Gasteiger charge is -1.89. The quantitative estimate of drug-likeness (QED) is 0.570. The number of furan rings is 1. The first-order chi connectivity index (χ1) is 7.20. The number of benzene rings is 1. The Kier molecular flexibility index (Phi) is 2.41. The lowest BCUT2D eigenvalue weighted by atomic mass is 10.2. The third-order valence-electron chi connectivity index (χ3n) is 2.26. The molecule has 4 nitrogen and oxygen atoms in total. The summed E-state index contributed by atoms with van der Waals surface area (Å²) in [7, 11) is 0. The number of hydrogen-bond donors (Lipinski definition) is 0. The van der Waals surface area contributed by atoms with Crippen LogP contribution in [0.25, 0.3) is 11.0 Å². The van der Waals surface area contributed by atoms with Crippen molar-refractivity contribution in [2.75, 3.05) is 0 Å². The van der Waals surface area contributed by atoms with Gasteiger partial charge >= 0.3 is 0 Å². The van der Waals surface area contributed by atoms with E-state index in [4.69, 9.17) is 4.42 Å². The average molecular weight is 205 g/mol. The number of rotatable bonds is 3. The zero-order valence-electron chi connectivity index (χ0n) is 8.40. The first-order valence-corrected chi connectivity index (χ1v) is 4.87. The molecule has 0 spiro atoms. The van der Waals surface area contributed by atoms with E-state index in [2.05, 4.69) is 6.92 Å². The summed E-state index contributed by atoms with van der Waals surface area (Å²) >= 11 is 0. The summed E-state index contributed by atoms with van der Waals surface area (Å²) in [5.41, 5.74) is 0.815. The highest BCUT2D eigenvalue weighted by Gasteiger charge is 2.09. The van der Waals surface area contributed by atoms with Crippen molar-refractivity contribution in [2.24, 2.45) is 0 Å². The molecule has 0 amide bonds. The second-order valence-corrected chi connectivity index (χ2v) is 3.44. The van der Waals surface area contributed by atoms with Gasteiger partial charge < -0.3 is 4.42 Å². The SMILES string of the molecule is CCCc1cc2cc([N+](=O)[O-])ccc2o1. The van der Waals surface area contributed by atoms with E-state index in [0.717, 1.165) is 24.0 Å². The molecule has 15 heavy (non-hydrogen) atoms. The highest BCUT2D eigenvalue weighted by molar-refractivity contribution is 5.80. The summed E-state index contributed by atoms with van der Waals surface area (Å²) < 4.78 is 5.52. The van der Waals surface area contributed by atoms with Crippen molar-refractivity contribution < 1.29 is 9.34 Å². The number of nitro benzene ring substituents is 1. The van der Waals surface area contributed by atoms with Crippen LogP contribution < -0.4 is 0 Å².